The fraction of sp³-hybridized carbons (Fsp3) is 0.261. The van der Waals surface area contributed by atoms with Gasteiger partial charge in [0.25, 0.3) is 0 Å². The number of pyridine rings is 1. The van der Waals surface area contributed by atoms with Gasteiger partial charge in [-0.3, -0.25) is 4.98 Å². The molecule has 2 heterocycles. The predicted molar refractivity (Wildman–Crippen MR) is 112 cm³/mol. The molecule has 0 unspecified atom stereocenters. The van der Waals surface area contributed by atoms with Crippen LogP contribution in [0.3, 0.4) is 0 Å². The predicted octanol–water partition coefficient (Wildman–Crippen LogP) is 4.74. The minimum atomic E-state index is 0.389. The van der Waals surface area contributed by atoms with Crippen molar-refractivity contribution in [1.29, 1.82) is 0 Å². The van der Waals surface area contributed by atoms with Crippen molar-refractivity contribution in [2.45, 2.75) is 13.5 Å². The summed E-state index contributed by atoms with van der Waals surface area (Å²) in [5.74, 6) is 1.52. The topological polar surface area (TPSA) is 57.0 Å². The molecule has 4 aromatic rings. The van der Waals surface area contributed by atoms with Gasteiger partial charge in [0.15, 0.2) is 0 Å². The van der Waals surface area contributed by atoms with Gasteiger partial charge in [0.2, 0.25) is 0 Å². The van der Waals surface area contributed by atoms with Gasteiger partial charge in [-0.1, -0.05) is 18.2 Å². The first-order chi connectivity index (χ1) is 14.1. The van der Waals surface area contributed by atoms with Crippen LogP contribution in [0, 0.1) is 6.92 Å². The number of hydrogen-bond acceptors (Lipinski definition) is 6. The van der Waals surface area contributed by atoms with E-state index in [0.29, 0.717) is 19.8 Å². The van der Waals surface area contributed by atoms with Crippen LogP contribution in [0.2, 0.25) is 0 Å². The fourth-order valence-corrected chi connectivity index (χ4v) is 3.14. The number of likely N-dealkylation sites (N-methyl/N-ethyl adjacent to an activating group) is 1. The van der Waals surface area contributed by atoms with E-state index in [1.54, 1.807) is 18.4 Å². The number of nitrogens with zero attached hydrogens (tertiary/aromatic N) is 2. The average Bonchev–Trinajstić information content (AvgIpc) is 3.11. The summed E-state index contributed by atoms with van der Waals surface area (Å²) in [5, 5.41) is 3.85. The van der Waals surface area contributed by atoms with Crippen molar-refractivity contribution in [3.05, 3.63) is 66.0 Å². The Morgan fingerprint density at radius 3 is 2.62 bits per heavy atom. The first kappa shape index (κ1) is 19.2. The molecule has 0 radical (unpaired) electrons. The van der Waals surface area contributed by atoms with Gasteiger partial charge < -0.3 is 18.7 Å². The van der Waals surface area contributed by atoms with Gasteiger partial charge in [-0.05, 0) is 42.8 Å². The van der Waals surface area contributed by atoms with Crippen LogP contribution in [-0.2, 0) is 11.4 Å². The maximum absolute atomic E-state index is 6.00. The monoisotopic (exact) mass is 392 g/mol. The lowest BCUT2D eigenvalue weighted by molar-refractivity contribution is -0.113. The molecule has 0 spiro atoms. The largest absolute Gasteiger partial charge is 0.491 e. The summed E-state index contributed by atoms with van der Waals surface area (Å²) in [4.78, 5) is 9.57. The quantitative estimate of drug-likeness (QED) is 0.404. The van der Waals surface area contributed by atoms with Crippen LogP contribution in [0.4, 0.5) is 0 Å². The molecular formula is C23H24N2O4. The molecule has 4 rings (SSSR count). The number of rotatable bonds is 8. The number of furan rings is 1. The van der Waals surface area contributed by atoms with Gasteiger partial charge in [0.05, 0.1) is 25.5 Å². The Morgan fingerprint density at radius 1 is 0.966 bits per heavy atom. The molecule has 0 saturated carbocycles. The summed E-state index contributed by atoms with van der Waals surface area (Å²) >= 11 is 0. The lowest BCUT2D eigenvalue weighted by atomic mass is 10.1. The highest BCUT2D eigenvalue weighted by molar-refractivity contribution is 6.05. The number of fused-ring (bicyclic) bond motifs is 3. The fourth-order valence-electron chi connectivity index (χ4n) is 3.14. The van der Waals surface area contributed by atoms with E-state index in [1.807, 2.05) is 56.4 Å². The second-order valence-electron chi connectivity index (χ2n) is 6.86. The number of para-hydroxylation sites is 1. The molecule has 6 heteroatoms. The number of benzene rings is 2. The minimum Gasteiger partial charge on any atom is -0.491 e. The van der Waals surface area contributed by atoms with Gasteiger partial charge >= 0.3 is 0 Å². The Kier molecular flexibility index (Phi) is 5.64. The lowest BCUT2D eigenvalue weighted by Crippen LogP contribution is -2.23. The van der Waals surface area contributed by atoms with Crippen LogP contribution in [0.1, 0.15) is 11.3 Å². The molecular weight excluding hydrogens is 368 g/mol. The molecule has 0 saturated heterocycles. The van der Waals surface area contributed by atoms with E-state index in [1.165, 1.54) is 0 Å². The van der Waals surface area contributed by atoms with E-state index >= 15 is 0 Å². The van der Waals surface area contributed by atoms with Crippen molar-refractivity contribution >= 4 is 21.9 Å². The number of hydroxylamine groups is 2. The van der Waals surface area contributed by atoms with E-state index in [4.69, 9.17) is 18.7 Å². The van der Waals surface area contributed by atoms with E-state index in [0.717, 1.165) is 44.7 Å². The molecule has 0 atom stereocenters. The number of aryl methyl sites for hydroxylation is 1. The standard InChI is InChI=1S/C23H24N2O4/c1-16-12-18(27-11-10-25(2)26-3)14-24-21(16)15-28-17-8-9-23-20(13-17)19-6-4-5-7-22(19)29-23/h4-9,12-14H,10-11,15H2,1-3H3. The summed E-state index contributed by atoms with van der Waals surface area (Å²) in [6.07, 6.45) is 1.73. The molecule has 0 N–H and O–H groups in total. The zero-order chi connectivity index (χ0) is 20.2. The zero-order valence-corrected chi connectivity index (χ0v) is 16.8. The van der Waals surface area contributed by atoms with Gasteiger partial charge in [0, 0.05) is 17.8 Å². The highest BCUT2D eigenvalue weighted by atomic mass is 16.7. The molecule has 6 nitrogen and oxygen atoms in total. The minimum absolute atomic E-state index is 0.389. The van der Waals surface area contributed by atoms with Crippen molar-refractivity contribution in [2.75, 3.05) is 27.3 Å². The summed E-state index contributed by atoms with van der Waals surface area (Å²) in [5.41, 5.74) is 3.64. The van der Waals surface area contributed by atoms with Crippen LogP contribution < -0.4 is 9.47 Å². The van der Waals surface area contributed by atoms with E-state index in [9.17, 15) is 0 Å². The molecule has 0 aliphatic heterocycles. The summed E-state index contributed by atoms with van der Waals surface area (Å²) in [6, 6.07) is 15.9. The van der Waals surface area contributed by atoms with Crippen LogP contribution in [0.5, 0.6) is 11.5 Å². The van der Waals surface area contributed by atoms with Crippen LogP contribution >= 0.6 is 0 Å². The molecule has 150 valence electrons. The number of ether oxygens (including phenoxy) is 2. The average molecular weight is 392 g/mol. The third-order valence-electron chi connectivity index (χ3n) is 4.87. The van der Waals surface area contributed by atoms with Crippen LogP contribution in [-0.4, -0.2) is 37.4 Å². The second-order valence-corrected chi connectivity index (χ2v) is 6.86. The SMILES string of the molecule is CON(C)CCOc1cnc(COc2ccc3oc4ccccc4c3c2)c(C)c1. The molecule has 0 bridgehead atoms. The van der Waals surface area contributed by atoms with Gasteiger partial charge in [-0.2, -0.15) is 5.06 Å². The Balaban J connectivity index is 1.42. The van der Waals surface area contributed by atoms with Crippen LogP contribution in [0.25, 0.3) is 21.9 Å². The smallest absolute Gasteiger partial charge is 0.137 e. The summed E-state index contributed by atoms with van der Waals surface area (Å²) in [6.45, 7) is 3.60. The summed E-state index contributed by atoms with van der Waals surface area (Å²) < 4.78 is 17.6. The van der Waals surface area contributed by atoms with Gasteiger partial charge in [-0.25, -0.2) is 0 Å². The van der Waals surface area contributed by atoms with E-state index in [2.05, 4.69) is 11.1 Å². The van der Waals surface area contributed by atoms with Crippen LogP contribution in [0.15, 0.2) is 59.1 Å². The first-order valence-corrected chi connectivity index (χ1v) is 9.51. The molecule has 0 fully saturated rings. The Bertz CT molecular complexity index is 1120. The lowest BCUT2D eigenvalue weighted by Gasteiger charge is -2.14. The molecule has 0 aliphatic carbocycles. The first-order valence-electron chi connectivity index (χ1n) is 9.51. The zero-order valence-electron chi connectivity index (χ0n) is 16.8. The number of aromatic nitrogens is 1. The Morgan fingerprint density at radius 2 is 1.79 bits per heavy atom. The number of hydrogen-bond donors (Lipinski definition) is 0. The molecule has 2 aromatic carbocycles. The highest BCUT2D eigenvalue weighted by Crippen LogP contribution is 2.31. The maximum atomic E-state index is 6.00. The third kappa shape index (κ3) is 4.34. The van der Waals surface area contributed by atoms with E-state index in [-0.39, 0.29) is 0 Å². The van der Waals surface area contributed by atoms with Crippen molar-refractivity contribution in [1.82, 2.24) is 10.0 Å². The normalized spacial score (nSPS) is 11.4. The molecule has 2 aromatic heterocycles. The Labute approximate surface area is 169 Å². The summed E-state index contributed by atoms with van der Waals surface area (Å²) in [7, 11) is 3.49. The molecule has 0 aliphatic rings. The van der Waals surface area contributed by atoms with Gasteiger partial charge in [-0.15, -0.1) is 0 Å². The highest BCUT2D eigenvalue weighted by Gasteiger charge is 2.09. The Hall–Kier alpha value is -3.09. The second kappa shape index (κ2) is 8.51. The molecule has 0 amide bonds. The van der Waals surface area contributed by atoms with Crippen molar-refractivity contribution in [2.24, 2.45) is 0 Å². The molecule has 29 heavy (non-hydrogen) atoms. The maximum Gasteiger partial charge on any atom is 0.137 e. The van der Waals surface area contributed by atoms with Gasteiger partial charge in [0.1, 0.15) is 35.9 Å². The van der Waals surface area contributed by atoms with Crippen molar-refractivity contribution in [3.63, 3.8) is 0 Å². The third-order valence-corrected chi connectivity index (χ3v) is 4.87. The van der Waals surface area contributed by atoms with Crippen molar-refractivity contribution in [3.8, 4) is 11.5 Å². The van der Waals surface area contributed by atoms with Crippen molar-refractivity contribution < 1.29 is 18.7 Å². The van der Waals surface area contributed by atoms with E-state index < -0.39 is 0 Å².